The van der Waals surface area contributed by atoms with E-state index in [0.29, 0.717) is 12.1 Å². The number of likely N-dealkylation sites (tertiary alicyclic amines) is 2. The molecule has 2 aliphatic heterocycles. The molecular formula is C16H29N3O. The van der Waals surface area contributed by atoms with Crippen LogP contribution >= 0.6 is 0 Å². The highest BCUT2D eigenvalue weighted by Crippen LogP contribution is 2.21. The Kier molecular flexibility index (Phi) is 4.81. The van der Waals surface area contributed by atoms with Crippen molar-refractivity contribution in [2.24, 2.45) is 0 Å². The minimum absolute atomic E-state index is 0.183. The Morgan fingerprint density at radius 3 is 2.10 bits per heavy atom. The molecule has 1 saturated carbocycles. The summed E-state index contributed by atoms with van der Waals surface area (Å²) in [5.74, 6) is 0. The van der Waals surface area contributed by atoms with Crippen LogP contribution in [0.4, 0.5) is 4.79 Å². The van der Waals surface area contributed by atoms with Gasteiger partial charge in [-0.3, -0.25) is 4.90 Å². The van der Waals surface area contributed by atoms with Crippen LogP contribution in [-0.4, -0.2) is 54.1 Å². The molecule has 114 valence electrons. The van der Waals surface area contributed by atoms with Gasteiger partial charge in [-0.1, -0.05) is 32.1 Å². The van der Waals surface area contributed by atoms with Gasteiger partial charge in [-0.15, -0.1) is 0 Å². The number of carbonyl (C=O) groups excluding carboxylic acids is 1. The van der Waals surface area contributed by atoms with Crippen molar-refractivity contribution >= 4 is 6.03 Å². The molecule has 3 fully saturated rings. The molecule has 0 bridgehead atoms. The summed E-state index contributed by atoms with van der Waals surface area (Å²) in [4.78, 5) is 16.8. The summed E-state index contributed by atoms with van der Waals surface area (Å²) in [6, 6.07) is 1.25. The Morgan fingerprint density at radius 2 is 1.45 bits per heavy atom. The van der Waals surface area contributed by atoms with E-state index >= 15 is 0 Å². The van der Waals surface area contributed by atoms with Crippen LogP contribution in [-0.2, 0) is 0 Å². The first-order chi connectivity index (χ1) is 9.83. The summed E-state index contributed by atoms with van der Waals surface area (Å²) in [5, 5.41) is 3.23. The maximum atomic E-state index is 12.2. The Morgan fingerprint density at radius 1 is 0.850 bits per heavy atom. The molecular weight excluding hydrogens is 250 g/mol. The summed E-state index contributed by atoms with van der Waals surface area (Å²) < 4.78 is 0. The van der Waals surface area contributed by atoms with Crippen LogP contribution in [0, 0.1) is 0 Å². The number of nitrogens with one attached hydrogen (secondary N) is 1. The molecule has 3 aliphatic rings. The number of urea groups is 1. The largest absolute Gasteiger partial charge is 0.335 e. The Bertz CT molecular complexity index is 314. The van der Waals surface area contributed by atoms with Crippen LogP contribution in [0.3, 0.4) is 0 Å². The van der Waals surface area contributed by atoms with E-state index in [1.807, 2.05) is 4.90 Å². The van der Waals surface area contributed by atoms with E-state index in [1.165, 1.54) is 70.9 Å². The maximum absolute atomic E-state index is 12.2. The van der Waals surface area contributed by atoms with Gasteiger partial charge in [0.05, 0.1) is 0 Å². The van der Waals surface area contributed by atoms with Crippen LogP contribution in [0.5, 0.6) is 0 Å². The van der Waals surface area contributed by atoms with E-state index < -0.39 is 0 Å². The predicted molar refractivity (Wildman–Crippen MR) is 80.8 cm³/mol. The first-order valence-electron chi connectivity index (χ1n) is 8.62. The maximum Gasteiger partial charge on any atom is 0.317 e. The minimum Gasteiger partial charge on any atom is -0.335 e. The third-order valence-electron chi connectivity index (χ3n) is 5.24. The Hall–Kier alpha value is -0.770. The zero-order chi connectivity index (χ0) is 13.8. The SMILES string of the molecule is O=C(NC1CCCCC1)N1CC(N2CCCCCC2)C1. The summed E-state index contributed by atoms with van der Waals surface area (Å²) >= 11 is 0. The van der Waals surface area contributed by atoms with E-state index in [9.17, 15) is 4.79 Å². The highest BCUT2D eigenvalue weighted by Gasteiger charge is 2.35. The van der Waals surface area contributed by atoms with E-state index in [4.69, 9.17) is 0 Å². The van der Waals surface area contributed by atoms with Crippen molar-refractivity contribution in [3.63, 3.8) is 0 Å². The average molecular weight is 279 g/mol. The molecule has 4 nitrogen and oxygen atoms in total. The zero-order valence-electron chi connectivity index (χ0n) is 12.6. The number of hydrogen-bond acceptors (Lipinski definition) is 2. The fraction of sp³-hybridized carbons (Fsp3) is 0.938. The van der Waals surface area contributed by atoms with Gasteiger partial charge in [-0.25, -0.2) is 4.79 Å². The van der Waals surface area contributed by atoms with E-state index in [1.54, 1.807) is 0 Å². The van der Waals surface area contributed by atoms with Crippen LogP contribution in [0.15, 0.2) is 0 Å². The van der Waals surface area contributed by atoms with Crippen molar-refractivity contribution in [2.75, 3.05) is 26.2 Å². The number of carbonyl (C=O) groups is 1. The molecule has 4 heteroatoms. The lowest BCUT2D eigenvalue weighted by molar-refractivity contribution is 0.0571. The van der Waals surface area contributed by atoms with Crippen molar-refractivity contribution in [3.8, 4) is 0 Å². The van der Waals surface area contributed by atoms with Crippen molar-refractivity contribution in [3.05, 3.63) is 0 Å². The Balaban J connectivity index is 1.39. The number of nitrogens with zero attached hydrogens (tertiary/aromatic N) is 2. The predicted octanol–water partition coefficient (Wildman–Crippen LogP) is 2.59. The highest BCUT2D eigenvalue weighted by atomic mass is 16.2. The third kappa shape index (κ3) is 3.46. The summed E-state index contributed by atoms with van der Waals surface area (Å²) in [7, 11) is 0. The lowest BCUT2D eigenvalue weighted by Crippen LogP contribution is -2.63. The zero-order valence-corrected chi connectivity index (χ0v) is 12.6. The van der Waals surface area contributed by atoms with Crippen molar-refractivity contribution in [2.45, 2.75) is 69.9 Å². The van der Waals surface area contributed by atoms with Crippen molar-refractivity contribution < 1.29 is 4.79 Å². The molecule has 2 amide bonds. The standard InChI is InChI=1S/C16H29N3O/c20-16(17-14-8-4-3-5-9-14)19-12-15(13-19)18-10-6-1-2-7-11-18/h14-15H,1-13H2,(H,17,20). The van der Waals surface area contributed by atoms with Gasteiger partial charge < -0.3 is 10.2 Å². The molecule has 2 saturated heterocycles. The molecule has 0 aromatic rings. The van der Waals surface area contributed by atoms with Crippen LogP contribution in [0.2, 0.25) is 0 Å². The molecule has 0 atom stereocenters. The summed E-state index contributed by atoms with van der Waals surface area (Å²) in [6.45, 7) is 4.36. The van der Waals surface area contributed by atoms with Gasteiger partial charge in [-0.05, 0) is 38.8 Å². The van der Waals surface area contributed by atoms with E-state index in [0.717, 1.165) is 13.1 Å². The first-order valence-corrected chi connectivity index (χ1v) is 8.62. The van der Waals surface area contributed by atoms with Gasteiger partial charge in [0.1, 0.15) is 0 Å². The fourth-order valence-electron chi connectivity index (χ4n) is 3.83. The fourth-order valence-corrected chi connectivity index (χ4v) is 3.83. The third-order valence-corrected chi connectivity index (χ3v) is 5.24. The molecule has 0 unspecified atom stereocenters. The second-order valence-electron chi connectivity index (χ2n) is 6.79. The smallest absolute Gasteiger partial charge is 0.317 e. The first kappa shape index (κ1) is 14.2. The number of hydrogen-bond donors (Lipinski definition) is 1. The minimum atomic E-state index is 0.183. The molecule has 0 spiro atoms. The van der Waals surface area contributed by atoms with E-state index in [2.05, 4.69) is 10.2 Å². The quantitative estimate of drug-likeness (QED) is 0.843. The monoisotopic (exact) mass is 279 g/mol. The topological polar surface area (TPSA) is 35.6 Å². The van der Waals surface area contributed by atoms with Gasteiger partial charge in [0.15, 0.2) is 0 Å². The van der Waals surface area contributed by atoms with Gasteiger partial charge in [0.25, 0.3) is 0 Å². The summed E-state index contributed by atoms with van der Waals surface area (Å²) in [6.07, 6.45) is 11.7. The lowest BCUT2D eigenvalue weighted by Gasteiger charge is -2.45. The van der Waals surface area contributed by atoms with Gasteiger partial charge in [0.2, 0.25) is 0 Å². The molecule has 0 aromatic heterocycles. The van der Waals surface area contributed by atoms with E-state index in [-0.39, 0.29) is 6.03 Å². The van der Waals surface area contributed by atoms with Gasteiger partial charge in [0, 0.05) is 25.2 Å². The second-order valence-corrected chi connectivity index (χ2v) is 6.79. The van der Waals surface area contributed by atoms with Crippen molar-refractivity contribution in [1.29, 1.82) is 0 Å². The average Bonchev–Trinajstić information content (AvgIpc) is 2.67. The highest BCUT2D eigenvalue weighted by molar-refractivity contribution is 5.75. The van der Waals surface area contributed by atoms with Gasteiger partial charge >= 0.3 is 6.03 Å². The number of amides is 2. The molecule has 1 aliphatic carbocycles. The molecule has 1 N–H and O–H groups in total. The molecule has 0 radical (unpaired) electrons. The van der Waals surface area contributed by atoms with Crippen molar-refractivity contribution in [1.82, 2.24) is 15.1 Å². The number of rotatable bonds is 2. The molecule has 3 rings (SSSR count). The lowest BCUT2D eigenvalue weighted by atomic mass is 9.95. The molecule has 20 heavy (non-hydrogen) atoms. The van der Waals surface area contributed by atoms with Crippen LogP contribution in [0.25, 0.3) is 0 Å². The van der Waals surface area contributed by atoms with Crippen LogP contribution < -0.4 is 5.32 Å². The second kappa shape index (κ2) is 6.79. The van der Waals surface area contributed by atoms with Crippen LogP contribution in [0.1, 0.15) is 57.8 Å². The normalized spacial score (nSPS) is 26.9. The molecule has 0 aromatic carbocycles. The molecule has 2 heterocycles. The summed E-state index contributed by atoms with van der Waals surface area (Å²) in [5.41, 5.74) is 0. The van der Waals surface area contributed by atoms with Gasteiger partial charge in [-0.2, -0.15) is 0 Å². The Labute approximate surface area is 122 Å².